The molecule has 11 heteroatoms. The van der Waals surface area contributed by atoms with Crippen molar-refractivity contribution in [2.75, 3.05) is 7.11 Å². The van der Waals surface area contributed by atoms with Crippen molar-refractivity contribution >= 4 is 5.65 Å². The maximum atomic E-state index is 14.5. The number of methoxy groups -OCH3 is 1. The Balaban J connectivity index is 1.66. The maximum absolute atomic E-state index is 14.5. The van der Waals surface area contributed by atoms with Crippen molar-refractivity contribution in [1.82, 2.24) is 24.6 Å². The second-order valence-corrected chi connectivity index (χ2v) is 6.90. The van der Waals surface area contributed by atoms with Gasteiger partial charge in [0.25, 0.3) is 5.88 Å². The third kappa shape index (κ3) is 3.28. The van der Waals surface area contributed by atoms with Crippen LogP contribution in [0.3, 0.4) is 0 Å². The van der Waals surface area contributed by atoms with Crippen LogP contribution in [0.2, 0.25) is 0 Å². The van der Waals surface area contributed by atoms with Crippen LogP contribution in [-0.2, 0) is 4.74 Å². The number of fused-ring (bicyclic) bond motifs is 1. The van der Waals surface area contributed by atoms with Crippen LogP contribution in [-0.4, -0.2) is 43.5 Å². The highest BCUT2D eigenvalue weighted by molar-refractivity contribution is 5.59. The first-order valence-electron chi connectivity index (χ1n) is 8.89. The maximum Gasteiger partial charge on any atom is 0.428 e. The number of ether oxygens (including phenoxy) is 2. The zero-order valence-electron chi connectivity index (χ0n) is 15.6. The minimum atomic E-state index is -4.59. The van der Waals surface area contributed by atoms with Gasteiger partial charge in [0.2, 0.25) is 5.60 Å². The Morgan fingerprint density at radius 1 is 1.17 bits per heavy atom. The van der Waals surface area contributed by atoms with Gasteiger partial charge in [0.15, 0.2) is 17.3 Å². The van der Waals surface area contributed by atoms with E-state index in [0.29, 0.717) is 23.6 Å². The van der Waals surface area contributed by atoms with Gasteiger partial charge in [-0.05, 0) is 32.3 Å². The highest BCUT2D eigenvalue weighted by atomic mass is 19.4. The van der Waals surface area contributed by atoms with Crippen molar-refractivity contribution in [3.8, 4) is 17.1 Å². The molecule has 0 amide bonds. The molecule has 3 aromatic heterocycles. The minimum absolute atomic E-state index is 0.217. The Hall–Kier alpha value is -2.82. The van der Waals surface area contributed by atoms with Crippen LogP contribution >= 0.6 is 0 Å². The van der Waals surface area contributed by atoms with E-state index in [1.165, 1.54) is 19.5 Å². The largest absolute Gasteiger partial charge is 0.459 e. The molecule has 0 aliphatic heterocycles. The molecule has 4 rings (SSSR count). The van der Waals surface area contributed by atoms with Gasteiger partial charge in [0.1, 0.15) is 6.10 Å². The Bertz CT molecular complexity index is 1050. The highest BCUT2D eigenvalue weighted by Gasteiger charge is 2.61. The summed E-state index contributed by atoms with van der Waals surface area (Å²) >= 11 is 0. The van der Waals surface area contributed by atoms with Crippen molar-refractivity contribution in [2.45, 2.75) is 44.1 Å². The minimum Gasteiger partial charge on any atom is -0.459 e. The zero-order valence-corrected chi connectivity index (χ0v) is 15.6. The van der Waals surface area contributed by atoms with Crippen molar-refractivity contribution < 1.29 is 27.0 Å². The van der Waals surface area contributed by atoms with E-state index in [1.807, 2.05) is 0 Å². The van der Waals surface area contributed by atoms with E-state index in [4.69, 9.17) is 9.47 Å². The summed E-state index contributed by atoms with van der Waals surface area (Å²) in [5.41, 5.74) is -1.28. The fraction of sp³-hybridized carbons (Fsp3) is 0.444. The summed E-state index contributed by atoms with van der Waals surface area (Å²) in [5, 5.41) is 8.03. The molecule has 3 aromatic rings. The van der Waals surface area contributed by atoms with Crippen LogP contribution in [0.1, 0.15) is 38.1 Å². The average Bonchev–Trinajstić information content (AvgIpc) is 3.07. The van der Waals surface area contributed by atoms with Gasteiger partial charge in [-0.25, -0.2) is 9.37 Å². The molecular weight excluding hydrogens is 394 g/mol. The zero-order chi connectivity index (χ0) is 20.8. The van der Waals surface area contributed by atoms with Crippen LogP contribution in [0.15, 0.2) is 24.7 Å². The molecule has 7 nitrogen and oxygen atoms in total. The van der Waals surface area contributed by atoms with Crippen molar-refractivity contribution in [3.05, 3.63) is 36.3 Å². The van der Waals surface area contributed by atoms with E-state index >= 15 is 0 Å². The molecule has 29 heavy (non-hydrogen) atoms. The van der Waals surface area contributed by atoms with Gasteiger partial charge in [0.05, 0.1) is 11.9 Å². The third-order valence-corrected chi connectivity index (χ3v) is 5.11. The summed E-state index contributed by atoms with van der Waals surface area (Å²) in [6.45, 7) is 1.79. The van der Waals surface area contributed by atoms with Crippen molar-refractivity contribution in [3.63, 3.8) is 0 Å². The van der Waals surface area contributed by atoms with Crippen molar-refractivity contribution in [2.24, 2.45) is 0 Å². The lowest BCUT2D eigenvalue weighted by atomic mass is 9.79. The molecule has 0 radical (unpaired) electrons. The van der Waals surface area contributed by atoms with E-state index < -0.39 is 23.5 Å². The van der Waals surface area contributed by atoms with E-state index in [2.05, 4.69) is 20.2 Å². The predicted molar refractivity (Wildman–Crippen MR) is 92.7 cm³/mol. The third-order valence-electron chi connectivity index (χ3n) is 5.11. The molecule has 1 aliphatic rings. The quantitative estimate of drug-likeness (QED) is 0.593. The van der Waals surface area contributed by atoms with Crippen LogP contribution < -0.4 is 4.74 Å². The van der Waals surface area contributed by atoms with Crippen LogP contribution in [0.25, 0.3) is 16.9 Å². The van der Waals surface area contributed by atoms with Crippen LogP contribution in [0.4, 0.5) is 17.6 Å². The van der Waals surface area contributed by atoms with Crippen LogP contribution in [0.5, 0.6) is 5.88 Å². The first kappa shape index (κ1) is 19.5. The number of pyridine rings is 1. The number of rotatable bonds is 5. The summed E-state index contributed by atoms with van der Waals surface area (Å²) in [4.78, 5) is 7.97. The topological polar surface area (TPSA) is 74.4 Å². The van der Waals surface area contributed by atoms with Gasteiger partial charge < -0.3 is 9.47 Å². The molecule has 0 aromatic carbocycles. The summed E-state index contributed by atoms with van der Waals surface area (Å²) in [5.74, 6) is -1.14. The normalized spacial score (nSPS) is 17.2. The second-order valence-electron chi connectivity index (χ2n) is 6.90. The molecule has 0 bridgehead atoms. The molecule has 1 fully saturated rings. The fourth-order valence-electron chi connectivity index (χ4n) is 3.12. The summed E-state index contributed by atoms with van der Waals surface area (Å²) in [6, 6.07) is 1.04. The average molecular weight is 411 g/mol. The number of hydrogen-bond donors (Lipinski definition) is 0. The van der Waals surface area contributed by atoms with Gasteiger partial charge >= 0.3 is 6.18 Å². The molecule has 3 heterocycles. The van der Waals surface area contributed by atoms with Gasteiger partial charge in [-0.2, -0.15) is 13.2 Å². The molecule has 0 saturated heterocycles. The van der Waals surface area contributed by atoms with Gasteiger partial charge in [-0.15, -0.1) is 10.2 Å². The van der Waals surface area contributed by atoms with E-state index in [1.54, 1.807) is 17.5 Å². The Kier molecular flexibility index (Phi) is 4.64. The van der Waals surface area contributed by atoms with Crippen molar-refractivity contribution in [1.29, 1.82) is 0 Å². The molecule has 0 unspecified atom stereocenters. The molecule has 1 saturated carbocycles. The monoisotopic (exact) mass is 411 g/mol. The number of aromatic nitrogens is 5. The lowest BCUT2D eigenvalue weighted by Gasteiger charge is -2.42. The van der Waals surface area contributed by atoms with Gasteiger partial charge in [-0.1, -0.05) is 0 Å². The number of nitrogens with zero attached hydrogens (tertiary/aromatic N) is 5. The van der Waals surface area contributed by atoms with E-state index in [-0.39, 0.29) is 24.5 Å². The molecule has 0 N–H and O–H groups in total. The summed E-state index contributed by atoms with van der Waals surface area (Å²) < 4.78 is 66.1. The predicted octanol–water partition coefficient (Wildman–Crippen LogP) is 3.90. The Morgan fingerprint density at radius 2 is 1.93 bits per heavy atom. The van der Waals surface area contributed by atoms with Gasteiger partial charge in [0, 0.05) is 25.1 Å². The Morgan fingerprint density at radius 3 is 2.52 bits per heavy atom. The van der Waals surface area contributed by atoms with Gasteiger partial charge in [-0.3, -0.25) is 9.38 Å². The molecule has 1 aliphatic carbocycles. The molecule has 154 valence electrons. The standard InChI is InChI=1S/C18H17F4N5O2/c1-10(28-2)15-26-25-14-8-23-13(9-27(14)15)11-6-12(19)16(24-7-11)29-17(4-3-5-17)18(20,21)22/h6-10H,3-5H2,1-2H3/t10-/m1/s1. The lowest BCUT2D eigenvalue weighted by molar-refractivity contribution is -0.275. The summed E-state index contributed by atoms with van der Waals surface area (Å²) in [7, 11) is 1.53. The second kappa shape index (κ2) is 6.90. The SMILES string of the molecule is CO[C@H](C)c1nnc2cnc(-c3cnc(OC4(C(F)(F)F)CCC4)c(F)c3)cn12. The number of hydrogen-bond acceptors (Lipinski definition) is 6. The Labute approximate surface area is 162 Å². The molecule has 0 spiro atoms. The number of alkyl halides is 3. The first-order valence-corrected chi connectivity index (χ1v) is 8.89. The van der Waals surface area contributed by atoms with E-state index in [0.717, 1.165) is 6.07 Å². The highest BCUT2D eigenvalue weighted by Crippen LogP contribution is 2.48. The fourth-order valence-corrected chi connectivity index (χ4v) is 3.12. The van der Waals surface area contributed by atoms with E-state index in [9.17, 15) is 17.6 Å². The smallest absolute Gasteiger partial charge is 0.428 e. The lowest BCUT2D eigenvalue weighted by Crippen LogP contribution is -2.55. The molecule has 1 atom stereocenters. The first-order chi connectivity index (χ1) is 13.7. The summed E-state index contributed by atoms with van der Waals surface area (Å²) in [6.07, 6.45) is -0.745. The van der Waals surface area contributed by atoms with Crippen LogP contribution in [0, 0.1) is 5.82 Å². The molecular formula is C18H17F4N5O2. The number of halogens is 4.